The normalized spacial score (nSPS) is 15.8. The Balaban J connectivity index is 1.69. The van der Waals surface area contributed by atoms with E-state index in [-0.39, 0.29) is 11.8 Å². The fourth-order valence-electron chi connectivity index (χ4n) is 3.97. The number of benzene rings is 2. The molecule has 0 spiro atoms. The Kier molecular flexibility index (Phi) is 4.75. The van der Waals surface area contributed by atoms with Gasteiger partial charge in [-0.05, 0) is 24.0 Å². The van der Waals surface area contributed by atoms with Gasteiger partial charge in [-0.25, -0.2) is 0 Å². The van der Waals surface area contributed by atoms with E-state index in [9.17, 15) is 4.79 Å². The molecule has 4 rings (SSSR count). The van der Waals surface area contributed by atoms with E-state index < -0.39 is 5.54 Å². The van der Waals surface area contributed by atoms with Crippen molar-refractivity contribution < 1.29 is 9.32 Å². The first kappa shape index (κ1) is 17.5. The minimum Gasteiger partial charge on any atom is -0.342 e. The summed E-state index contributed by atoms with van der Waals surface area (Å²) in [7, 11) is 0. The predicted octanol–water partition coefficient (Wildman–Crippen LogP) is 4.10. The molecule has 1 N–H and O–H groups in total. The molecule has 1 aromatic heterocycles. The molecule has 0 radical (unpaired) electrons. The number of aromatic nitrogens is 2. The van der Waals surface area contributed by atoms with E-state index in [1.165, 1.54) is 0 Å². The monoisotopic (exact) mass is 361 g/mol. The Labute approximate surface area is 158 Å². The quantitative estimate of drug-likeness (QED) is 0.743. The van der Waals surface area contributed by atoms with Crippen molar-refractivity contribution in [2.75, 3.05) is 0 Å². The van der Waals surface area contributed by atoms with E-state index >= 15 is 0 Å². The van der Waals surface area contributed by atoms with Crippen LogP contribution in [0.2, 0.25) is 0 Å². The van der Waals surface area contributed by atoms with Crippen LogP contribution in [0.5, 0.6) is 0 Å². The first-order valence-corrected chi connectivity index (χ1v) is 9.41. The average Bonchev–Trinajstić information content (AvgIpc) is 3.34. The van der Waals surface area contributed by atoms with Gasteiger partial charge < -0.3 is 9.84 Å². The second kappa shape index (κ2) is 7.35. The van der Waals surface area contributed by atoms with E-state index in [0.29, 0.717) is 11.7 Å². The topological polar surface area (TPSA) is 68.0 Å². The minimum atomic E-state index is -0.545. The first-order chi connectivity index (χ1) is 13.2. The van der Waals surface area contributed by atoms with Crippen molar-refractivity contribution in [1.29, 1.82) is 0 Å². The number of amides is 1. The third-order valence-corrected chi connectivity index (χ3v) is 5.30. The molecule has 0 saturated heterocycles. The van der Waals surface area contributed by atoms with E-state index in [4.69, 9.17) is 4.52 Å². The van der Waals surface area contributed by atoms with Crippen LogP contribution in [0.15, 0.2) is 65.2 Å². The van der Waals surface area contributed by atoms with Crippen molar-refractivity contribution in [3.8, 4) is 0 Å². The molecule has 5 heteroatoms. The molecule has 138 valence electrons. The summed E-state index contributed by atoms with van der Waals surface area (Å²) >= 11 is 0. The number of rotatable bonds is 5. The fourth-order valence-corrected chi connectivity index (χ4v) is 3.97. The Morgan fingerprint density at radius 3 is 2.04 bits per heavy atom. The molecule has 1 amide bonds. The van der Waals surface area contributed by atoms with Crippen LogP contribution in [-0.2, 0) is 10.3 Å². The van der Waals surface area contributed by atoms with Gasteiger partial charge in [0, 0.05) is 6.92 Å². The van der Waals surface area contributed by atoms with E-state index in [1.54, 1.807) is 6.92 Å². The zero-order chi connectivity index (χ0) is 18.7. The molecule has 1 aliphatic carbocycles. The number of nitrogens with one attached hydrogen (secondary N) is 1. The summed E-state index contributed by atoms with van der Waals surface area (Å²) in [5.74, 6) is 0.702. The molecule has 0 bridgehead atoms. The Bertz CT molecular complexity index is 860. The van der Waals surface area contributed by atoms with Crippen LogP contribution in [-0.4, -0.2) is 16.0 Å². The standard InChI is InChI=1S/C22H23N3O2/c1-16-23-21(25-27-16)22(14-8-9-15-22)24-20(26)19(17-10-4-2-5-11-17)18-12-6-3-7-13-18/h2-7,10-13,19H,8-9,14-15H2,1H3,(H,24,26). The molecule has 27 heavy (non-hydrogen) atoms. The summed E-state index contributed by atoms with van der Waals surface area (Å²) in [5, 5.41) is 7.42. The van der Waals surface area contributed by atoms with Gasteiger partial charge >= 0.3 is 0 Å². The largest absolute Gasteiger partial charge is 0.342 e. The van der Waals surface area contributed by atoms with Crippen molar-refractivity contribution in [2.24, 2.45) is 0 Å². The smallest absolute Gasteiger partial charge is 0.232 e. The first-order valence-electron chi connectivity index (χ1n) is 9.41. The average molecular weight is 361 g/mol. The van der Waals surface area contributed by atoms with Gasteiger partial charge in [0.2, 0.25) is 11.8 Å². The SMILES string of the molecule is Cc1nc(C2(NC(=O)C(c3ccccc3)c3ccccc3)CCCC2)no1. The molecular formula is C22H23N3O2. The van der Waals surface area contributed by atoms with Crippen LogP contribution in [0.1, 0.15) is 54.4 Å². The van der Waals surface area contributed by atoms with Crippen molar-refractivity contribution in [3.05, 3.63) is 83.5 Å². The third kappa shape index (κ3) is 3.50. The van der Waals surface area contributed by atoms with Gasteiger partial charge in [0.15, 0.2) is 5.82 Å². The van der Waals surface area contributed by atoms with E-state index in [0.717, 1.165) is 36.8 Å². The lowest BCUT2D eigenvalue weighted by atomic mass is 9.88. The fraction of sp³-hybridized carbons (Fsp3) is 0.318. The van der Waals surface area contributed by atoms with Gasteiger partial charge in [-0.2, -0.15) is 4.98 Å². The molecule has 1 heterocycles. The Morgan fingerprint density at radius 2 is 1.56 bits per heavy atom. The maximum absolute atomic E-state index is 13.5. The minimum absolute atomic E-state index is 0.0308. The second-order valence-electron chi connectivity index (χ2n) is 7.17. The Morgan fingerprint density at radius 1 is 1.00 bits per heavy atom. The van der Waals surface area contributed by atoms with Gasteiger partial charge in [-0.1, -0.05) is 78.7 Å². The number of aryl methyl sites for hydroxylation is 1. The summed E-state index contributed by atoms with van der Waals surface area (Å²) in [6.07, 6.45) is 3.73. The van der Waals surface area contributed by atoms with Gasteiger partial charge in [0.1, 0.15) is 5.54 Å². The zero-order valence-corrected chi connectivity index (χ0v) is 15.4. The molecular weight excluding hydrogens is 338 g/mol. The molecule has 1 aliphatic rings. The van der Waals surface area contributed by atoms with Crippen LogP contribution < -0.4 is 5.32 Å². The maximum atomic E-state index is 13.5. The third-order valence-electron chi connectivity index (χ3n) is 5.30. The number of carbonyl (C=O) groups excluding carboxylic acids is 1. The molecule has 5 nitrogen and oxygen atoms in total. The highest BCUT2D eigenvalue weighted by atomic mass is 16.5. The lowest BCUT2D eigenvalue weighted by molar-refractivity contribution is -0.123. The van der Waals surface area contributed by atoms with Crippen LogP contribution in [0.3, 0.4) is 0 Å². The van der Waals surface area contributed by atoms with Gasteiger partial charge in [0.05, 0.1) is 5.92 Å². The molecule has 1 saturated carbocycles. The van der Waals surface area contributed by atoms with Crippen molar-refractivity contribution in [1.82, 2.24) is 15.5 Å². The number of hydrogen-bond acceptors (Lipinski definition) is 4. The lowest BCUT2D eigenvalue weighted by Gasteiger charge is -2.29. The van der Waals surface area contributed by atoms with Crippen LogP contribution in [0.25, 0.3) is 0 Å². The van der Waals surface area contributed by atoms with Gasteiger partial charge in [-0.3, -0.25) is 4.79 Å². The lowest BCUT2D eigenvalue weighted by Crippen LogP contribution is -2.46. The van der Waals surface area contributed by atoms with E-state index in [1.807, 2.05) is 60.7 Å². The highest BCUT2D eigenvalue weighted by Gasteiger charge is 2.42. The van der Waals surface area contributed by atoms with Crippen molar-refractivity contribution in [2.45, 2.75) is 44.1 Å². The summed E-state index contributed by atoms with van der Waals surface area (Å²) in [4.78, 5) is 17.9. The maximum Gasteiger partial charge on any atom is 0.232 e. The second-order valence-corrected chi connectivity index (χ2v) is 7.17. The van der Waals surface area contributed by atoms with Crippen LogP contribution in [0.4, 0.5) is 0 Å². The van der Waals surface area contributed by atoms with Gasteiger partial charge in [0.25, 0.3) is 0 Å². The molecule has 0 unspecified atom stereocenters. The summed E-state index contributed by atoms with van der Waals surface area (Å²) in [6, 6.07) is 19.8. The Hall–Kier alpha value is -2.95. The molecule has 3 aromatic rings. The zero-order valence-electron chi connectivity index (χ0n) is 15.4. The van der Waals surface area contributed by atoms with Crippen LogP contribution >= 0.6 is 0 Å². The number of hydrogen-bond donors (Lipinski definition) is 1. The number of nitrogens with zero attached hydrogens (tertiary/aromatic N) is 2. The van der Waals surface area contributed by atoms with Crippen molar-refractivity contribution >= 4 is 5.91 Å². The molecule has 0 atom stereocenters. The van der Waals surface area contributed by atoms with Crippen molar-refractivity contribution in [3.63, 3.8) is 0 Å². The highest BCUT2D eigenvalue weighted by Crippen LogP contribution is 2.38. The molecule has 0 aliphatic heterocycles. The number of carbonyl (C=O) groups is 1. The molecule has 1 fully saturated rings. The predicted molar refractivity (Wildman–Crippen MR) is 102 cm³/mol. The van der Waals surface area contributed by atoms with E-state index in [2.05, 4.69) is 15.5 Å². The highest BCUT2D eigenvalue weighted by molar-refractivity contribution is 5.87. The summed E-state index contributed by atoms with van der Waals surface area (Å²) in [5.41, 5.74) is 1.40. The van der Waals surface area contributed by atoms with Crippen LogP contribution in [0, 0.1) is 6.92 Å². The molecule has 2 aromatic carbocycles. The summed E-state index contributed by atoms with van der Waals surface area (Å²) in [6.45, 7) is 1.78. The summed E-state index contributed by atoms with van der Waals surface area (Å²) < 4.78 is 5.20. The van der Waals surface area contributed by atoms with Gasteiger partial charge in [-0.15, -0.1) is 0 Å².